The molecule has 0 aliphatic rings. The van der Waals surface area contributed by atoms with E-state index in [4.69, 9.17) is 23.1 Å². The van der Waals surface area contributed by atoms with E-state index in [9.17, 15) is 8.42 Å². The summed E-state index contributed by atoms with van der Waals surface area (Å²) in [4.78, 5) is 8.23. The quantitative estimate of drug-likeness (QED) is 0.296. The van der Waals surface area contributed by atoms with Gasteiger partial charge in [-0.1, -0.05) is 40.3 Å². The summed E-state index contributed by atoms with van der Waals surface area (Å²) in [6, 6.07) is 14.5. The van der Waals surface area contributed by atoms with Crippen LogP contribution in [0.25, 0.3) is 28.3 Å². The molecule has 180 valence electrons. The van der Waals surface area contributed by atoms with Gasteiger partial charge in [0.1, 0.15) is 10.0 Å². The number of nitrogens with one attached hydrogen (secondary N) is 1. The Labute approximate surface area is 213 Å². The first-order valence-electron chi connectivity index (χ1n) is 9.74. The molecule has 35 heavy (non-hydrogen) atoms. The van der Waals surface area contributed by atoms with Crippen LogP contribution >= 0.6 is 34.5 Å². The Morgan fingerprint density at radius 2 is 1.66 bits per heavy atom. The molecule has 3 heterocycles. The second-order valence-electron chi connectivity index (χ2n) is 6.98. The van der Waals surface area contributed by atoms with Crippen LogP contribution < -0.4 is 16.2 Å². The molecule has 0 saturated heterocycles. The number of hydrogen-bond acceptors (Lipinski definition) is 11. The van der Waals surface area contributed by atoms with E-state index in [-0.39, 0.29) is 0 Å². The lowest BCUT2D eigenvalue weighted by molar-refractivity contribution is 0.607. The standard InChI is InChI=1S/C10H10ClN3O2S2.C10H8N6S/c1-18(15,16)14-7-4-2-6(3-5-7)8-9(11)17-10(12)13-8;11-10-13-9(14-17-10)7-1-3-8(4-2-7)16-6-5-12-15-16/h2-5,14H,1H3,(H2,12,13);1-6H,(H2,11,13,14). The average Bonchev–Trinajstić information content (AvgIpc) is 3.56. The van der Waals surface area contributed by atoms with E-state index in [0.29, 0.717) is 31.8 Å². The van der Waals surface area contributed by atoms with Crippen LogP contribution in [-0.4, -0.2) is 44.0 Å². The summed E-state index contributed by atoms with van der Waals surface area (Å²) in [6.45, 7) is 0. The number of hydrogen-bond donors (Lipinski definition) is 3. The Bertz CT molecular complexity index is 1520. The number of aromatic nitrogens is 6. The molecule has 11 nitrogen and oxygen atoms in total. The summed E-state index contributed by atoms with van der Waals surface area (Å²) >= 11 is 8.38. The van der Waals surface area contributed by atoms with Crippen LogP contribution in [0.3, 0.4) is 0 Å². The second kappa shape index (κ2) is 10.4. The second-order valence-corrected chi connectivity index (χ2v) is 11.1. The third-order valence-corrected chi connectivity index (χ3v) is 6.55. The monoisotopic (exact) mass is 547 g/mol. The van der Waals surface area contributed by atoms with Gasteiger partial charge >= 0.3 is 0 Å². The van der Waals surface area contributed by atoms with Gasteiger partial charge in [0.25, 0.3) is 0 Å². The Kier molecular flexibility index (Phi) is 7.25. The minimum absolute atomic E-state index is 0.397. The summed E-state index contributed by atoms with van der Waals surface area (Å²) in [5.41, 5.74) is 14.9. The summed E-state index contributed by atoms with van der Waals surface area (Å²) in [5.74, 6) is 0.651. The smallest absolute Gasteiger partial charge is 0.229 e. The first-order valence-corrected chi connectivity index (χ1v) is 13.6. The van der Waals surface area contributed by atoms with E-state index in [1.165, 1.54) is 22.9 Å². The van der Waals surface area contributed by atoms with Crippen LogP contribution in [-0.2, 0) is 10.0 Å². The molecule has 5 aromatic rings. The first-order chi connectivity index (χ1) is 16.7. The number of nitrogen functional groups attached to an aromatic ring is 2. The maximum absolute atomic E-state index is 11.1. The molecule has 0 aliphatic carbocycles. The number of thiazole rings is 1. The van der Waals surface area contributed by atoms with E-state index in [1.54, 1.807) is 41.3 Å². The van der Waals surface area contributed by atoms with Crippen molar-refractivity contribution in [3.8, 4) is 28.3 Å². The third kappa shape index (κ3) is 6.51. The molecule has 3 aromatic heterocycles. The zero-order valence-electron chi connectivity index (χ0n) is 18.0. The van der Waals surface area contributed by atoms with Crippen molar-refractivity contribution < 1.29 is 8.42 Å². The van der Waals surface area contributed by atoms with E-state index in [1.807, 2.05) is 24.3 Å². The first kappa shape index (κ1) is 24.5. The molecule has 0 fully saturated rings. The van der Waals surface area contributed by atoms with Gasteiger partial charge in [0.2, 0.25) is 10.0 Å². The highest BCUT2D eigenvalue weighted by molar-refractivity contribution is 7.92. The van der Waals surface area contributed by atoms with Gasteiger partial charge in [-0.05, 0) is 36.4 Å². The predicted octanol–water partition coefficient (Wildman–Crippen LogP) is 3.79. The molecule has 0 spiro atoms. The zero-order valence-corrected chi connectivity index (χ0v) is 21.2. The molecule has 0 saturated carbocycles. The molecule has 0 bridgehead atoms. The van der Waals surface area contributed by atoms with Gasteiger partial charge in [0.15, 0.2) is 16.1 Å². The molecule has 5 N–H and O–H groups in total. The molecule has 2 aromatic carbocycles. The number of benzene rings is 2. The van der Waals surface area contributed by atoms with Crippen molar-refractivity contribution in [3.63, 3.8) is 0 Å². The van der Waals surface area contributed by atoms with Gasteiger partial charge in [-0.25, -0.2) is 18.1 Å². The molecule has 0 aliphatic heterocycles. The lowest BCUT2D eigenvalue weighted by Gasteiger charge is -2.04. The van der Waals surface area contributed by atoms with Gasteiger partial charge in [0.05, 0.1) is 24.3 Å². The summed E-state index contributed by atoms with van der Waals surface area (Å²) < 4.78 is 30.8. The van der Waals surface area contributed by atoms with Crippen molar-refractivity contribution in [1.82, 2.24) is 29.3 Å². The lowest BCUT2D eigenvalue weighted by Crippen LogP contribution is -2.09. The third-order valence-electron chi connectivity index (χ3n) is 4.32. The van der Waals surface area contributed by atoms with Crippen LogP contribution in [0.15, 0.2) is 60.9 Å². The Morgan fingerprint density at radius 3 is 2.17 bits per heavy atom. The number of nitrogens with zero attached hydrogens (tertiary/aromatic N) is 6. The van der Waals surface area contributed by atoms with Crippen molar-refractivity contribution in [2.75, 3.05) is 22.4 Å². The Balaban J connectivity index is 0.000000165. The minimum Gasteiger partial charge on any atom is -0.375 e. The summed E-state index contributed by atoms with van der Waals surface area (Å²) in [7, 11) is -3.27. The molecular formula is C20H18ClN9O2S3. The maximum Gasteiger partial charge on any atom is 0.229 e. The number of rotatable bonds is 5. The fourth-order valence-electron chi connectivity index (χ4n) is 2.87. The largest absolute Gasteiger partial charge is 0.375 e. The van der Waals surface area contributed by atoms with Gasteiger partial charge in [-0.3, -0.25) is 4.72 Å². The highest BCUT2D eigenvalue weighted by Gasteiger charge is 2.10. The molecule has 0 amide bonds. The van der Waals surface area contributed by atoms with Crippen molar-refractivity contribution in [2.24, 2.45) is 0 Å². The van der Waals surface area contributed by atoms with Gasteiger partial charge in [-0.2, -0.15) is 9.36 Å². The number of anilines is 3. The summed E-state index contributed by atoms with van der Waals surface area (Å²) in [6.07, 6.45) is 4.52. The van der Waals surface area contributed by atoms with Crippen LogP contribution in [0.2, 0.25) is 4.34 Å². The highest BCUT2D eigenvalue weighted by Crippen LogP contribution is 2.34. The number of nitrogens with two attached hydrogens (primary N) is 2. The normalized spacial score (nSPS) is 11.0. The van der Waals surface area contributed by atoms with Crippen molar-refractivity contribution in [1.29, 1.82) is 0 Å². The number of halogens is 1. The Morgan fingerprint density at radius 1 is 0.971 bits per heavy atom. The minimum atomic E-state index is -3.27. The van der Waals surface area contributed by atoms with Crippen molar-refractivity contribution >= 4 is 60.4 Å². The van der Waals surface area contributed by atoms with Crippen molar-refractivity contribution in [2.45, 2.75) is 0 Å². The number of sulfonamides is 1. The van der Waals surface area contributed by atoms with Crippen LogP contribution in [0.1, 0.15) is 0 Å². The van der Waals surface area contributed by atoms with Crippen molar-refractivity contribution in [3.05, 3.63) is 65.3 Å². The molecular weight excluding hydrogens is 530 g/mol. The average molecular weight is 548 g/mol. The fraction of sp³-hybridized carbons (Fsp3) is 0.0500. The van der Waals surface area contributed by atoms with Crippen LogP contribution in [0.4, 0.5) is 16.0 Å². The predicted molar refractivity (Wildman–Crippen MR) is 140 cm³/mol. The van der Waals surface area contributed by atoms with Gasteiger partial charge < -0.3 is 11.5 Å². The SMILES string of the molecule is CS(=O)(=O)Nc1ccc(-c2nc(N)sc2Cl)cc1.Nc1nc(-c2ccc(-n3ccnn3)cc2)ns1. The van der Waals surface area contributed by atoms with E-state index in [2.05, 4.69) is 29.4 Å². The van der Waals surface area contributed by atoms with Gasteiger partial charge in [-0.15, -0.1) is 5.10 Å². The maximum atomic E-state index is 11.1. The molecule has 5 rings (SSSR count). The topological polar surface area (TPSA) is 168 Å². The molecule has 15 heteroatoms. The van der Waals surface area contributed by atoms with Crippen LogP contribution in [0, 0.1) is 0 Å². The van der Waals surface area contributed by atoms with E-state index in [0.717, 1.165) is 23.1 Å². The lowest BCUT2D eigenvalue weighted by atomic mass is 10.1. The van der Waals surface area contributed by atoms with E-state index < -0.39 is 10.0 Å². The molecule has 0 radical (unpaired) electrons. The fourth-order valence-corrected chi connectivity index (χ4v) is 4.85. The molecule has 0 atom stereocenters. The summed E-state index contributed by atoms with van der Waals surface area (Å²) in [5, 5.41) is 8.54. The van der Waals surface area contributed by atoms with Crippen LogP contribution in [0.5, 0.6) is 0 Å². The Hall–Kier alpha value is -3.59. The van der Waals surface area contributed by atoms with E-state index >= 15 is 0 Å². The molecule has 0 unspecified atom stereocenters. The van der Waals surface area contributed by atoms with Gasteiger partial charge in [0, 0.05) is 28.3 Å². The highest BCUT2D eigenvalue weighted by atomic mass is 35.5. The zero-order chi connectivity index (χ0) is 25.0.